The van der Waals surface area contributed by atoms with Crippen LogP contribution in [0.25, 0.3) is 17.0 Å². The summed E-state index contributed by atoms with van der Waals surface area (Å²) >= 11 is 5.85. The van der Waals surface area contributed by atoms with Crippen LogP contribution in [-0.2, 0) is 6.42 Å². The number of nitrogens with one attached hydrogen (secondary N) is 1. The largest absolute Gasteiger partial charge is 0.351 e. The van der Waals surface area contributed by atoms with Crippen molar-refractivity contribution in [3.63, 3.8) is 0 Å². The Morgan fingerprint density at radius 2 is 1.69 bits per heavy atom. The number of rotatable bonds is 5. The fourth-order valence-corrected chi connectivity index (χ4v) is 4.81. The van der Waals surface area contributed by atoms with Gasteiger partial charge >= 0.3 is 0 Å². The summed E-state index contributed by atoms with van der Waals surface area (Å²) in [6.45, 7) is 8.36. The zero-order chi connectivity index (χ0) is 24.5. The van der Waals surface area contributed by atoms with Gasteiger partial charge in [0.2, 0.25) is 5.82 Å². The number of nitrogens with zero attached hydrogens (tertiary/aromatic N) is 3. The average molecular weight is 481 g/mol. The van der Waals surface area contributed by atoms with E-state index in [0.29, 0.717) is 16.8 Å². The third kappa shape index (κ3) is 4.49. The Morgan fingerprint density at radius 1 is 0.943 bits per heavy atom. The lowest BCUT2D eigenvalue weighted by molar-refractivity contribution is 0.404. The molecule has 35 heavy (non-hydrogen) atoms. The van der Waals surface area contributed by atoms with Crippen LogP contribution in [0.5, 0.6) is 0 Å². The standard InChI is InChI=1S/C29H28N4OS/c1-5-21-11-15-23(16-12-21)27-31-28(34-32-27)25-20(4)33(24-8-6-7-19(3)17-24)29(35)30-26(25)22-13-9-18(2)10-14-22/h6-17,26H,5H2,1-4H3,(H,30,35). The molecule has 5 nitrogen and oxygen atoms in total. The Morgan fingerprint density at radius 3 is 2.37 bits per heavy atom. The second-order valence-electron chi connectivity index (χ2n) is 8.94. The molecule has 1 aromatic heterocycles. The van der Waals surface area contributed by atoms with Crippen molar-refractivity contribution in [2.45, 2.75) is 40.2 Å². The Bertz CT molecular complexity index is 1400. The minimum absolute atomic E-state index is 0.208. The van der Waals surface area contributed by atoms with Gasteiger partial charge in [0, 0.05) is 16.9 Å². The molecule has 176 valence electrons. The van der Waals surface area contributed by atoms with Crippen molar-refractivity contribution in [3.8, 4) is 11.4 Å². The van der Waals surface area contributed by atoms with Crippen LogP contribution >= 0.6 is 12.2 Å². The van der Waals surface area contributed by atoms with Crippen LogP contribution in [0.15, 0.2) is 83.0 Å². The van der Waals surface area contributed by atoms with Gasteiger partial charge < -0.3 is 9.84 Å². The summed E-state index contributed by atoms with van der Waals surface area (Å²) in [5, 5.41) is 8.50. The van der Waals surface area contributed by atoms with E-state index in [1.54, 1.807) is 0 Å². The SMILES string of the molecule is CCc1ccc(-c2noc(C3=C(C)N(c4cccc(C)c4)C(=S)NC3c3ccc(C)cc3)n2)cc1. The van der Waals surface area contributed by atoms with Crippen LogP contribution in [-0.4, -0.2) is 15.3 Å². The normalized spacial score (nSPS) is 15.9. The second-order valence-corrected chi connectivity index (χ2v) is 9.33. The van der Waals surface area contributed by atoms with Gasteiger partial charge in [0.05, 0.1) is 11.6 Å². The van der Waals surface area contributed by atoms with Crippen LogP contribution in [0.4, 0.5) is 5.69 Å². The summed E-state index contributed by atoms with van der Waals surface area (Å²) in [5.41, 5.74) is 8.51. The number of hydrogen-bond acceptors (Lipinski definition) is 4. The number of aromatic nitrogens is 2. The highest BCUT2D eigenvalue weighted by molar-refractivity contribution is 7.80. The quantitative estimate of drug-likeness (QED) is 0.318. The smallest absolute Gasteiger partial charge is 0.258 e. The van der Waals surface area contributed by atoms with Gasteiger partial charge in [0.15, 0.2) is 5.11 Å². The lowest BCUT2D eigenvalue weighted by Crippen LogP contribution is -2.46. The maximum atomic E-state index is 5.88. The van der Waals surface area contributed by atoms with Crippen LogP contribution in [0.1, 0.15) is 48.0 Å². The molecule has 6 heteroatoms. The van der Waals surface area contributed by atoms with E-state index in [4.69, 9.17) is 21.7 Å². The molecule has 0 saturated heterocycles. The minimum atomic E-state index is -0.208. The highest BCUT2D eigenvalue weighted by Gasteiger charge is 2.34. The number of hydrogen-bond donors (Lipinski definition) is 1. The van der Waals surface area contributed by atoms with E-state index in [2.05, 4.69) is 92.8 Å². The molecular weight excluding hydrogens is 452 g/mol. The lowest BCUT2D eigenvalue weighted by atomic mass is 9.94. The molecule has 3 aromatic carbocycles. The van der Waals surface area contributed by atoms with E-state index in [1.165, 1.54) is 11.1 Å². The Balaban J connectivity index is 1.63. The molecule has 0 aliphatic carbocycles. The van der Waals surface area contributed by atoms with Crippen LogP contribution in [0.3, 0.4) is 0 Å². The molecule has 2 heterocycles. The molecule has 0 spiro atoms. The van der Waals surface area contributed by atoms with Gasteiger partial charge in [-0.2, -0.15) is 4.98 Å². The molecule has 5 rings (SSSR count). The third-order valence-corrected chi connectivity index (χ3v) is 6.73. The highest BCUT2D eigenvalue weighted by atomic mass is 32.1. The number of allylic oxidation sites excluding steroid dienone is 1. The van der Waals surface area contributed by atoms with Crippen molar-refractivity contribution in [1.82, 2.24) is 15.5 Å². The van der Waals surface area contributed by atoms with Crippen molar-refractivity contribution < 1.29 is 4.52 Å². The summed E-state index contributed by atoms with van der Waals surface area (Å²) < 4.78 is 5.88. The van der Waals surface area contributed by atoms with Crippen LogP contribution < -0.4 is 10.2 Å². The Labute approximate surface area is 211 Å². The number of thiocarbonyl (C=S) groups is 1. The van der Waals surface area contributed by atoms with Crippen molar-refractivity contribution in [2.75, 3.05) is 4.90 Å². The zero-order valence-corrected chi connectivity index (χ0v) is 21.2. The van der Waals surface area contributed by atoms with Gasteiger partial charge in [-0.3, -0.25) is 4.90 Å². The number of aryl methyl sites for hydroxylation is 3. The van der Waals surface area contributed by atoms with E-state index in [0.717, 1.165) is 40.1 Å². The Hall–Kier alpha value is -3.77. The van der Waals surface area contributed by atoms with Crippen molar-refractivity contribution in [1.29, 1.82) is 0 Å². The van der Waals surface area contributed by atoms with Crippen molar-refractivity contribution >= 4 is 28.6 Å². The first-order valence-corrected chi connectivity index (χ1v) is 12.2. The van der Waals surface area contributed by atoms with E-state index in [-0.39, 0.29) is 6.04 Å². The first kappa shape index (κ1) is 23.0. The molecule has 1 aliphatic heterocycles. The molecule has 1 N–H and O–H groups in total. The molecule has 0 amide bonds. The van der Waals surface area contributed by atoms with E-state index >= 15 is 0 Å². The first-order valence-electron chi connectivity index (χ1n) is 11.8. The monoisotopic (exact) mass is 480 g/mol. The summed E-state index contributed by atoms with van der Waals surface area (Å²) in [5.74, 6) is 1.05. The van der Waals surface area contributed by atoms with Crippen molar-refractivity contribution in [3.05, 3.63) is 107 Å². The molecule has 1 atom stereocenters. The second kappa shape index (κ2) is 9.47. The van der Waals surface area contributed by atoms with Crippen molar-refractivity contribution in [2.24, 2.45) is 0 Å². The molecular formula is C29H28N4OS. The predicted octanol–water partition coefficient (Wildman–Crippen LogP) is 6.78. The molecule has 0 radical (unpaired) electrons. The van der Waals surface area contributed by atoms with E-state index < -0.39 is 0 Å². The van der Waals surface area contributed by atoms with Gasteiger partial charge in [-0.15, -0.1) is 0 Å². The average Bonchev–Trinajstić information content (AvgIpc) is 3.34. The third-order valence-electron chi connectivity index (χ3n) is 6.43. The Kier molecular flexibility index (Phi) is 6.22. The zero-order valence-electron chi connectivity index (χ0n) is 20.4. The molecule has 1 aliphatic rings. The molecule has 0 saturated carbocycles. The van der Waals surface area contributed by atoms with Gasteiger partial charge in [-0.25, -0.2) is 0 Å². The summed E-state index contributed by atoms with van der Waals surface area (Å²) in [6, 6.07) is 24.8. The van der Waals surface area contributed by atoms with E-state index in [1.807, 2.05) is 23.1 Å². The molecule has 0 fully saturated rings. The molecule has 1 unspecified atom stereocenters. The topological polar surface area (TPSA) is 54.2 Å². The molecule has 0 bridgehead atoms. The van der Waals surface area contributed by atoms with Crippen LogP contribution in [0, 0.1) is 13.8 Å². The fourth-order valence-electron chi connectivity index (χ4n) is 4.45. The number of benzene rings is 3. The molecule has 4 aromatic rings. The summed E-state index contributed by atoms with van der Waals surface area (Å²) in [6.07, 6.45) is 0.989. The van der Waals surface area contributed by atoms with Gasteiger partial charge in [-0.05, 0) is 68.2 Å². The maximum Gasteiger partial charge on any atom is 0.258 e. The number of anilines is 1. The summed E-state index contributed by atoms with van der Waals surface area (Å²) in [4.78, 5) is 6.87. The fraction of sp³-hybridized carbons (Fsp3) is 0.207. The minimum Gasteiger partial charge on any atom is -0.351 e. The van der Waals surface area contributed by atoms with Gasteiger partial charge in [-0.1, -0.05) is 78.3 Å². The van der Waals surface area contributed by atoms with Gasteiger partial charge in [0.1, 0.15) is 0 Å². The first-order chi connectivity index (χ1) is 16.9. The van der Waals surface area contributed by atoms with Crippen LogP contribution in [0.2, 0.25) is 0 Å². The summed E-state index contributed by atoms with van der Waals surface area (Å²) in [7, 11) is 0. The maximum absolute atomic E-state index is 5.88. The predicted molar refractivity (Wildman–Crippen MR) is 145 cm³/mol. The lowest BCUT2D eigenvalue weighted by Gasteiger charge is -2.37. The van der Waals surface area contributed by atoms with Gasteiger partial charge in [0.25, 0.3) is 5.89 Å². The van der Waals surface area contributed by atoms with E-state index in [9.17, 15) is 0 Å². The highest BCUT2D eigenvalue weighted by Crippen LogP contribution is 2.39.